The van der Waals surface area contributed by atoms with E-state index in [0.29, 0.717) is 11.4 Å². The molecule has 0 spiro atoms. The number of hydrogen-bond acceptors (Lipinski definition) is 3. The predicted molar refractivity (Wildman–Crippen MR) is 71.3 cm³/mol. The van der Waals surface area contributed by atoms with Crippen LogP contribution in [0, 0.1) is 12.7 Å². The van der Waals surface area contributed by atoms with Crippen molar-refractivity contribution in [2.75, 3.05) is 0 Å². The summed E-state index contributed by atoms with van der Waals surface area (Å²) in [6.45, 7) is 8.47. The first-order valence-electron chi connectivity index (χ1n) is 5.89. The van der Waals surface area contributed by atoms with E-state index in [1.807, 2.05) is 0 Å². The van der Waals surface area contributed by atoms with E-state index in [0.717, 1.165) is 11.7 Å². The third-order valence-corrected chi connectivity index (χ3v) is 3.72. The van der Waals surface area contributed by atoms with Crippen molar-refractivity contribution in [1.82, 2.24) is 20.2 Å². The lowest BCUT2D eigenvalue weighted by molar-refractivity contribution is 0.600. The van der Waals surface area contributed by atoms with Crippen molar-refractivity contribution in [3.63, 3.8) is 0 Å². The van der Waals surface area contributed by atoms with Crippen molar-refractivity contribution in [2.24, 2.45) is 0 Å². The fourth-order valence-electron chi connectivity index (χ4n) is 1.63. The molecule has 0 saturated heterocycles. The van der Waals surface area contributed by atoms with Gasteiger partial charge in [-0.1, -0.05) is 19.6 Å². The van der Waals surface area contributed by atoms with Crippen LogP contribution in [0.3, 0.4) is 0 Å². The zero-order chi connectivity index (χ0) is 13.3. The quantitative estimate of drug-likeness (QED) is 0.801. The Morgan fingerprint density at radius 1 is 1.28 bits per heavy atom. The molecular formula is C12H17FN4Si. The Bertz CT molecular complexity index is 559. The van der Waals surface area contributed by atoms with E-state index in [2.05, 4.69) is 35.1 Å². The molecule has 6 heteroatoms. The van der Waals surface area contributed by atoms with Crippen LogP contribution in [0.1, 0.15) is 5.56 Å². The van der Waals surface area contributed by atoms with E-state index >= 15 is 0 Å². The maximum Gasteiger partial charge on any atom is 0.204 e. The molecule has 0 aliphatic carbocycles. The molecule has 0 bridgehead atoms. The number of benzene rings is 1. The Kier molecular flexibility index (Phi) is 3.29. The largest absolute Gasteiger partial charge is 0.207 e. The van der Waals surface area contributed by atoms with Crippen molar-refractivity contribution >= 4 is 8.07 Å². The van der Waals surface area contributed by atoms with Crippen LogP contribution >= 0.6 is 0 Å². The highest BCUT2D eigenvalue weighted by molar-refractivity contribution is 6.74. The average molecular weight is 264 g/mol. The van der Waals surface area contributed by atoms with Gasteiger partial charge in [-0.05, 0) is 35.9 Å². The molecule has 0 fully saturated rings. The van der Waals surface area contributed by atoms with Crippen LogP contribution < -0.4 is 0 Å². The van der Waals surface area contributed by atoms with Gasteiger partial charge >= 0.3 is 0 Å². The molecule has 1 aromatic heterocycles. The lowest BCUT2D eigenvalue weighted by atomic mass is 10.1. The number of aromatic nitrogens is 4. The zero-order valence-electron chi connectivity index (χ0n) is 11.1. The lowest BCUT2D eigenvalue weighted by Gasteiger charge is -2.12. The van der Waals surface area contributed by atoms with Crippen molar-refractivity contribution in [3.8, 4) is 11.4 Å². The van der Waals surface area contributed by atoms with E-state index in [-0.39, 0.29) is 5.82 Å². The Labute approximate surface area is 107 Å². The lowest BCUT2D eigenvalue weighted by Crippen LogP contribution is -2.29. The summed E-state index contributed by atoms with van der Waals surface area (Å²) in [5.74, 6) is 0.338. The first kappa shape index (κ1) is 12.9. The molecular weight excluding hydrogens is 247 g/mol. The van der Waals surface area contributed by atoms with Crippen molar-refractivity contribution in [1.29, 1.82) is 0 Å². The second kappa shape index (κ2) is 4.60. The van der Waals surface area contributed by atoms with Gasteiger partial charge in [-0.25, -0.2) is 4.39 Å². The third-order valence-electron chi connectivity index (χ3n) is 2.48. The summed E-state index contributed by atoms with van der Waals surface area (Å²) in [6, 6.07) is 4.85. The van der Waals surface area contributed by atoms with E-state index in [4.69, 9.17) is 0 Å². The molecule has 0 aliphatic rings. The van der Waals surface area contributed by atoms with Gasteiger partial charge in [0.05, 0.1) is 14.2 Å². The van der Waals surface area contributed by atoms with Crippen LogP contribution in [-0.4, -0.2) is 28.3 Å². The minimum atomic E-state index is -1.27. The molecule has 0 radical (unpaired) electrons. The molecule has 1 heterocycles. The number of nitrogens with zero attached hydrogens (tertiary/aromatic N) is 4. The van der Waals surface area contributed by atoms with Crippen LogP contribution in [0.25, 0.3) is 11.4 Å². The molecule has 2 aromatic rings. The van der Waals surface area contributed by atoms with Crippen LogP contribution in [0.15, 0.2) is 18.2 Å². The van der Waals surface area contributed by atoms with E-state index in [9.17, 15) is 4.39 Å². The van der Waals surface area contributed by atoms with Crippen molar-refractivity contribution < 1.29 is 4.39 Å². The molecule has 0 amide bonds. The summed E-state index contributed by atoms with van der Waals surface area (Å²) < 4.78 is 13.2. The third kappa shape index (κ3) is 3.01. The Hall–Kier alpha value is -1.56. The molecule has 0 saturated carbocycles. The summed E-state index contributed by atoms with van der Waals surface area (Å²) in [6.07, 6.45) is 0.834. The van der Waals surface area contributed by atoms with Crippen LogP contribution in [-0.2, 0) is 6.17 Å². The molecule has 4 nitrogen and oxygen atoms in total. The first-order chi connectivity index (χ1) is 8.35. The van der Waals surface area contributed by atoms with E-state index < -0.39 is 8.07 Å². The van der Waals surface area contributed by atoms with Gasteiger partial charge in [-0.15, -0.1) is 10.2 Å². The standard InChI is InChI=1S/C12H17FN4Si/c1-9-7-10(5-6-11(9)13)12-14-16-17(15-12)8-18(2,3)4/h5-7H,8H2,1-4H3. The van der Waals surface area contributed by atoms with Crippen LogP contribution in [0.2, 0.25) is 19.6 Å². The molecule has 18 heavy (non-hydrogen) atoms. The van der Waals surface area contributed by atoms with Gasteiger partial charge in [0.15, 0.2) is 0 Å². The van der Waals surface area contributed by atoms with Crippen molar-refractivity contribution in [2.45, 2.75) is 32.7 Å². The molecule has 0 atom stereocenters. The molecule has 1 aromatic carbocycles. The highest BCUT2D eigenvalue weighted by Crippen LogP contribution is 2.17. The maximum absolute atomic E-state index is 13.2. The second-order valence-electron chi connectivity index (χ2n) is 5.67. The Morgan fingerprint density at radius 3 is 2.61 bits per heavy atom. The van der Waals surface area contributed by atoms with Gasteiger partial charge in [0.2, 0.25) is 5.82 Å². The van der Waals surface area contributed by atoms with Gasteiger partial charge in [0, 0.05) is 5.56 Å². The number of tetrazole rings is 1. The van der Waals surface area contributed by atoms with E-state index in [1.54, 1.807) is 23.9 Å². The van der Waals surface area contributed by atoms with Gasteiger partial charge in [0.25, 0.3) is 0 Å². The minimum absolute atomic E-state index is 0.215. The number of halogens is 1. The SMILES string of the molecule is Cc1cc(-c2nnn(C[Si](C)(C)C)n2)ccc1F. The topological polar surface area (TPSA) is 43.6 Å². The zero-order valence-corrected chi connectivity index (χ0v) is 12.1. The van der Waals surface area contributed by atoms with Crippen LogP contribution in [0.4, 0.5) is 4.39 Å². The normalized spacial score (nSPS) is 11.8. The summed E-state index contributed by atoms with van der Waals surface area (Å²) in [5, 5.41) is 12.4. The van der Waals surface area contributed by atoms with Gasteiger partial charge in [-0.3, -0.25) is 0 Å². The maximum atomic E-state index is 13.2. The van der Waals surface area contributed by atoms with Gasteiger partial charge < -0.3 is 0 Å². The fraction of sp³-hybridized carbons (Fsp3) is 0.417. The second-order valence-corrected chi connectivity index (χ2v) is 11.1. The van der Waals surface area contributed by atoms with E-state index in [1.165, 1.54) is 6.07 Å². The summed E-state index contributed by atoms with van der Waals surface area (Å²) in [5.41, 5.74) is 1.39. The molecule has 0 aliphatic heterocycles. The number of aryl methyl sites for hydroxylation is 1. The smallest absolute Gasteiger partial charge is 0.204 e. The predicted octanol–water partition coefficient (Wildman–Crippen LogP) is 2.67. The number of hydrogen-bond donors (Lipinski definition) is 0. The number of rotatable bonds is 3. The molecule has 2 rings (SSSR count). The van der Waals surface area contributed by atoms with Gasteiger partial charge in [-0.2, -0.15) is 4.80 Å². The highest BCUT2D eigenvalue weighted by Gasteiger charge is 2.16. The Morgan fingerprint density at radius 2 is 2.00 bits per heavy atom. The van der Waals surface area contributed by atoms with Gasteiger partial charge in [0.1, 0.15) is 5.82 Å². The summed E-state index contributed by atoms with van der Waals surface area (Å²) >= 11 is 0. The first-order valence-corrected chi connectivity index (χ1v) is 9.60. The highest BCUT2D eigenvalue weighted by atomic mass is 28.3. The molecule has 0 N–H and O–H groups in total. The van der Waals surface area contributed by atoms with Crippen molar-refractivity contribution in [3.05, 3.63) is 29.6 Å². The summed E-state index contributed by atoms with van der Waals surface area (Å²) in [7, 11) is -1.27. The fourth-order valence-corrected chi connectivity index (χ4v) is 2.62. The van der Waals surface area contributed by atoms with Crippen LogP contribution in [0.5, 0.6) is 0 Å². The Balaban J connectivity index is 2.26. The monoisotopic (exact) mass is 264 g/mol. The average Bonchev–Trinajstić information content (AvgIpc) is 2.68. The minimum Gasteiger partial charge on any atom is -0.207 e. The molecule has 96 valence electrons. The summed E-state index contributed by atoms with van der Waals surface area (Å²) in [4.78, 5) is 1.64. The molecule has 0 unspecified atom stereocenters.